The van der Waals surface area contributed by atoms with E-state index in [1.165, 1.54) is 12.1 Å². The van der Waals surface area contributed by atoms with E-state index in [1.54, 1.807) is 6.92 Å². The molecule has 0 saturated heterocycles. The number of nitrogens with one attached hydrogen (secondary N) is 2. The van der Waals surface area contributed by atoms with E-state index in [2.05, 4.69) is 10.6 Å². The van der Waals surface area contributed by atoms with Gasteiger partial charge in [-0.15, -0.1) is 0 Å². The molecule has 0 bridgehead atoms. The number of carbonyl (C=O) groups excluding carboxylic acids is 1. The minimum Gasteiger partial charge on any atom is -0.375 e. The Bertz CT molecular complexity index is 712. The molecule has 6 nitrogen and oxygen atoms in total. The molecule has 0 radical (unpaired) electrons. The Morgan fingerprint density at radius 1 is 1.25 bits per heavy atom. The molecule has 1 amide bonds. The van der Waals surface area contributed by atoms with E-state index < -0.39 is 4.92 Å². The summed E-state index contributed by atoms with van der Waals surface area (Å²) in [6.45, 7) is 2.29. The molecule has 0 aliphatic carbocycles. The van der Waals surface area contributed by atoms with Crippen molar-refractivity contribution in [2.75, 3.05) is 18.4 Å². The fraction of sp³-hybridized carbons (Fsp3) is 0.235. The van der Waals surface area contributed by atoms with Gasteiger partial charge in [0.1, 0.15) is 0 Å². The summed E-state index contributed by atoms with van der Waals surface area (Å²) in [5, 5.41) is 16.7. The van der Waals surface area contributed by atoms with Crippen LogP contribution < -0.4 is 10.6 Å². The Labute approximate surface area is 145 Å². The molecule has 0 spiro atoms. The number of carbonyl (C=O) groups is 1. The number of hydrogen-bond acceptors (Lipinski definition) is 4. The van der Waals surface area contributed by atoms with E-state index in [0.29, 0.717) is 17.8 Å². The molecule has 126 valence electrons. The molecule has 7 heteroatoms. The van der Waals surface area contributed by atoms with E-state index in [0.717, 1.165) is 12.0 Å². The lowest BCUT2D eigenvalue weighted by molar-refractivity contribution is -0.384. The van der Waals surface area contributed by atoms with Gasteiger partial charge in [-0.25, -0.2) is 0 Å². The zero-order valence-electron chi connectivity index (χ0n) is 13.2. The number of benzene rings is 2. The SMILES string of the molecule is Cc1cc([N+](=O)[O-])cc(Cl)c1NCC(=O)NCCc1ccccc1. The van der Waals surface area contributed by atoms with E-state index in [4.69, 9.17) is 11.6 Å². The molecule has 0 fully saturated rings. The summed E-state index contributed by atoms with van der Waals surface area (Å²) < 4.78 is 0. The van der Waals surface area contributed by atoms with Crippen molar-refractivity contribution in [1.29, 1.82) is 0 Å². The molecular formula is C17H18ClN3O3. The van der Waals surface area contributed by atoms with Gasteiger partial charge in [-0.05, 0) is 24.5 Å². The minimum atomic E-state index is -0.501. The Balaban J connectivity index is 1.84. The molecule has 24 heavy (non-hydrogen) atoms. The van der Waals surface area contributed by atoms with Gasteiger partial charge in [-0.2, -0.15) is 0 Å². The number of rotatable bonds is 7. The molecule has 2 rings (SSSR count). The van der Waals surface area contributed by atoms with Crippen LogP contribution in [0, 0.1) is 17.0 Å². The van der Waals surface area contributed by atoms with Gasteiger partial charge in [0.15, 0.2) is 0 Å². The molecular weight excluding hydrogens is 330 g/mol. The van der Waals surface area contributed by atoms with Crippen molar-refractivity contribution < 1.29 is 9.72 Å². The van der Waals surface area contributed by atoms with Crippen LogP contribution >= 0.6 is 11.6 Å². The van der Waals surface area contributed by atoms with Crippen molar-refractivity contribution >= 4 is 28.9 Å². The minimum absolute atomic E-state index is 0.0488. The Morgan fingerprint density at radius 3 is 2.58 bits per heavy atom. The summed E-state index contributed by atoms with van der Waals surface area (Å²) in [5.74, 6) is -0.167. The first-order valence-electron chi connectivity index (χ1n) is 7.46. The average molecular weight is 348 g/mol. The summed E-state index contributed by atoms with van der Waals surface area (Å²) in [4.78, 5) is 22.2. The maximum Gasteiger partial charge on any atom is 0.271 e. The van der Waals surface area contributed by atoms with Crippen molar-refractivity contribution in [3.05, 3.63) is 68.7 Å². The maximum atomic E-state index is 11.9. The molecule has 0 heterocycles. The van der Waals surface area contributed by atoms with Crippen molar-refractivity contribution in [3.8, 4) is 0 Å². The lowest BCUT2D eigenvalue weighted by Crippen LogP contribution is -2.31. The second kappa shape index (κ2) is 8.31. The smallest absolute Gasteiger partial charge is 0.271 e. The van der Waals surface area contributed by atoms with Crippen molar-refractivity contribution in [1.82, 2.24) is 5.32 Å². The van der Waals surface area contributed by atoms with Crippen LogP contribution in [0.3, 0.4) is 0 Å². The lowest BCUT2D eigenvalue weighted by atomic mass is 10.1. The number of halogens is 1. The predicted molar refractivity (Wildman–Crippen MR) is 94.5 cm³/mol. The van der Waals surface area contributed by atoms with Gasteiger partial charge in [0.2, 0.25) is 5.91 Å². The van der Waals surface area contributed by atoms with E-state index >= 15 is 0 Å². The third kappa shape index (κ3) is 4.96. The van der Waals surface area contributed by atoms with Crippen LogP contribution in [0.4, 0.5) is 11.4 Å². The van der Waals surface area contributed by atoms with Gasteiger partial charge < -0.3 is 10.6 Å². The fourth-order valence-electron chi connectivity index (χ4n) is 2.28. The maximum absolute atomic E-state index is 11.9. The summed E-state index contributed by atoms with van der Waals surface area (Å²) in [6.07, 6.45) is 0.754. The molecule has 0 saturated carbocycles. The standard InChI is InChI=1S/C17H18ClN3O3/c1-12-9-14(21(23)24)10-15(18)17(12)20-11-16(22)19-8-7-13-5-3-2-4-6-13/h2-6,9-10,20H,7-8,11H2,1H3,(H,19,22). The zero-order chi connectivity index (χ0) is 17.5. The molecule has 0 aromatic heterocycles. The molecule has 2 N–H and O–H groups in total. The average Bonchev–Trinajstić information content (AvgIpc) is 2.54. The number of anilines is 1. The normalized spacial score (nSPS) is 10.2. The Kier molecular flexibility index (Phi) is 6.14. The van der Waals surface area contributed by atoms with Gasteiger partial charge in [-0.3, -0.25) is 14.9 Å². The quantitative estimate of drug-likeness (QED) is 0.594. The Hall–Kier alpha value is -2.60. The first kappa shape index (κ1) is 17.7. The highest BCUT2D eigenvalue weighted by molar-refractivity contribution is 6.33. The number of amides is 1. The molecule has 0 aliphatic rings. The molecule has 2 aromatic rings. The summed E-state index contributed by atoms with van der Waals surface area (Å²) in [6, 6.07) is 12.6. The first-order chi connectivity index (χ1) is 11.5. The Morgan fingerprint density at radius 2 is 1.96 bits per heavy atom. The van der Waals surface area contributed by atoms with E-state index in [9.17, 15) is 14.9 Å². The number of hydrogen-bond donors (Lipinski definition) is 2. The predicted octanol–water partition coefficient (Wildman–Crippen LogP) is 3.33. The number of nitro groups is 1. The van der Waals surface area contributed by atoms with Crippen LogP contribution in [-0.2, 0) is 11.2 Å². The van der Waals surface area contributed by atoms with Gasteiger partial charge in [-0.1, -0.05) is 41.9 Å². The van der Waals surface area contributed by atoms with E-state index in [1.807, 2.05) is 30.3 Å². The second-order valence-corrected chi connectivity index (χ2v) is 5.72. The largest absolute Gasteiger partial charge is 0.375 e. The highest BCUT2D eigenvalue weighted by Crippen LogP contribution is 2.30. The van der Waals surface area contributed by atoms with Crippen molar-refractivity contribution in [3.63, 3.8) is 0 Å². The topological polar surface area (TPSA) is 84.3 Å². The lowest BCUT2D eigenvalue weighted by Gasteiger charge is -2.12. The fourth-order valence-corrected chi connectivity index (χ4v) is 2.61. The van der Waals surface area contributed by atoms with Gasteiger partial charge in [0, 0.05) is 18.7 Å². The van der Waals surface area contributed by atoms with Crippen molar-refractivity contribution in [2.45, 2.75) is 13.3 Å². The summed E-state index contributed by atoms with van der Waals surface area (Å²) >= 11 is 6.05. The first-order valence-corrected chi connectivity index (χ1v) is 7.84. The molecule has 0 aliphatic heterocycles. The van der Waals surface area contributed by atoms with Gasteiger partial charge >= 0.3 is 0 Å². The van der Waals surface area contributed by atoms with Crippen LogP contribution in [-0.4, -0.2) is 23.9 Å². The van der Waals surface area contributed by atoms with Gasteiger partial charge in [0.25, 0.3) is 5.69 Å². The number of non-ortho nitro benzene ring substituents is 1. The van der Waals surface area contributed by atoms with Crippen LogP contribution in [0.25, 0.3) is 0 Å². The van der Waals surface area contributed by atoms with Crippen LogP contribution in [0.1, 0.15) is 11.1 Å². The summed E-state index contributed by atoms with van der Waals surface area (Å²) in [7, 11) is 0. The molecule has 0 atom stereocenters. The van der Waals surface area contributed by atoms with Crippen LogP contribution in [0.5, 0.6) is 0 Å². The number of nitrogens with zero attached hydrogens (tertiary/aromatic N) is 1. The van der Waals surface area contributed by atoms with Gasteiger partial charge in [0.05, 0.1) is 22.2 Å². The zero-order valence-corrected chi connectivity index (χ0v) is 14.0. The third-order valence-corrected chi connectivity index (χ3v) is 3.79. The molecule has 2 aromatic carbocycles. The number of nitro benzene ring substituents is 1. The number of aryl methyl sites for hydroxylation is 1. The monoisotopic (exact) mass is 347 g/mol. The van der Waals surface area contributed by atoms with Crippen LogP contribution in [0.2, 0.25) is 5.02 Å². The van der Waals surface area contributed by atoms with Crippen LogP contribution in [0.15, 0.2) is 42.5 Å². The highest BCUT2D eigenvalue weighted by Gasteiger charge is 2.13. The second-order valence-electron chi connectivity index (χ2n) is 5.32. The third-order valence-electron chi connectivity index (χ3n) is 3.49. The molecule has 0 unspecified atom stereocenters. The summed E-state index contributed by atoms with van der Waals surface area (Å²) in [5.41, 5.74) is 2.22. The van der Waals surface area contributed by atoms with Crippen molar-refractivity contribution in [2.24, 2.45) is 0 Å². The highest BCUT2D eigenvalue weighted by atomic mass is 35.5. The van der Waals surface area contributed by atoms with E-state index in [-0.39, 0.29) is 23.2 Å².